The van der Waals surface area contributed by atoms with E-state index in [1.54, 1.807) is 16.8 Å². The number of aromatic nitrogens is 4. The van der Waals surface area contributed by atoms with Gasteiger partial charge in [0.05, 0.1) is 11.6 Å². The molecule has 0 unspecified atom stereocenters. The van der Waals surface area contributed by atoms with E-state index >= 15 is 0 Å². The van der Waals surface area contributed by atoms with Crippen LogP contribution in [-0.2, 0) is 11.8 Å². The van der Waals surface area contributed by atoms with Crippen molar-refractivity contribution in [1.29, 1.82) is 0 Å². The number of hydrogen-bond acceptors (Lipinski definition) is 5. The van der Waals surface area contributed by atoms with Gasteiger partial charge in [0.25, 0.3) is 0 Å². The van der Waals surface area contributed by atoms with Gasteiger partial charge in [-0.3, -0.25) is 9.48 Å². The van der Waals surface area contributed by atoms with Gasteiger partial charge in [0, 0.05) is 29.6 Å². The summed E-state index contributed by atoms with van der Waals surface area (Å²) in [6.07, 6.45) is 0.251. The molecule has 1 aromatic carbocycles. The molecule has 4 rings (SSSR count). The Morgan fingerprint density at radius 3 is 2.73 bits per heavy atom. The van der Waals surface area contributed by atoms with Gasteiger partial charge < -0.3 is 9.84 Å². The Bertz CT molecular complexity index is 974. The predicted molar refractivity (Wildman–Crippen MR) is 97.1 cm³/mol. The average molecular weight is 372 g/mol. The zero-order valence-corrected chi connectivity index (χ0v) is 15.4. The lowest BCUT2D eigenvalue weighted by Gasteiger charge is -2.21. The van der Waals surface area contributed by atoms with Crippen LogP contribution in [0.5, 0.6) is 0 Å². The Balaban J connectivity index is 1.78. The SMILES string of the molecule is CC(C)c1nn(C)c2c1[C@@H](c1nc(-c3ccc(Cl)cc3)no1)CC(=O)N2. The summed E-state index contributed by atoms with van der Waals surface area (Å²) in [5.74, 6) is 1.40. The molecule has 1 N–H and O–H groups in total. The van der Waals surface area contributed by atoms with E-state index in [0.29, 0.717) is 22.6 Å². The highest BCUT2D eigenvalue weighted by molar-refractivity contribution is 6.30. The van der Waals surface area contributed by atoms with Gasteiger partial charge >= 0.3 is 0 Å². The lowest BCUT2D eigenvalue weighted by molar-refractivity contribution is -0.116. The van der Waals surface area contributed by atoms with E-state index in [4.69, 9.17) is 16.1 Å². The van der Waals surface area contributed by atoms with Crippen molar-refractivity contribution in [3.63, 3.8) is 0 Å². The van der Waals surface area contributed by atoms with E-state index < -0.39 is 0 Å². The number of anilines is 1. The van der Waals surface area contributed by atoms with Crippen molar-refractivity contribution in [2.24, 2.45) is 7.05 Å². The fraction of sp³-hybridized carbons (Fsp3) is 0.333. The number of aryl methyl sites for hydroxylation is 1. The zero-order chi connectivity index (χ0) is 18.4. The number of fused-ring (bicyclic) bond motifs is 1. The summed E-state index contributed by atoms with van der Waals surface area (Å²) in [7, 11) is 1.82. The zero-order valence-electron chi connectivity index (χ0n) is 14.7. The second-order valence-electron chi connectivity index (χ2n) is 6.69. The fourth-order valence-electron chi connectivity index (χ4n) is 3.25. The number of halogens is 1. The number of benzene rings is 1. The van der Waals surface area contributed by atoms with Crippen LogP contribution in [0, 0.1) is 0 Å². The van der Waals surface area contributed by atoms with Gasteiger partial charge in [-0.1, -0.05) is 30.6 Å². The quantitative estimate of drug-likeness (QED) is 0.758. The molecule has 0 spiro atoms. The van der Waals surface area contributed by atoms with Crippen molar-refractivity contribution in [1.82, 2.24) is 19.9 Å². The summed E-state index contributed by atoms with van der Waals surface area (Å²) >= 11 is 5.93. The fourth-order valence-corrected chi connectivity index (χ4v) is 3.38. The largest absolute Gasteiger partial charge is 0.338 e. The van der Waals surface area contributed by atoms with Crippen molar-refractivity contribution >= 4 is 23.3 Å². The number of amides is 1. The molecule has 2 aromatic heterocycles. The van der Waals surface area contributed by atoms with Crippen LogP contribution < -0.4 is 5.32 Å². The van der Waals surface area contributed by atoms with Gasteiger partial charge in [-0.2, -0.15) is 10.1 Å². The van der Waals surface area contributed by atoms with E-state index in [1.165, 1.54) is 0 Å². The number of carbonyl (C=O) groups is 1. The monoisotopic (exact) mass is 371 g/mol. The van der Waals surface area contributed by atoms with Crippen molar-refractivity contribution < 1.29 is 9.32 Å². The van der Waals surface area contributed by atoms with Gasteiger partial charge in [0.2, 0.25) is 17.6 Å². The summed E-state index contributed by atoms with van der Waals surface area (Å²) in [6.45, 7) is 4.14. The van der Waals surface area contributed by atoms with E-state index in [2.05, 4.69) is 34.4 Å². The Hall–Kier alpha value is -2.67. The summed E-state index contributed by atoms with van der Waals surface area (Å²) in [5, 5.41) is 12.2. The maximum atomic E-state index is 12.2. The summed E-state index contributed by atoms with van der Waals surface area (Å²) in [4.78, 5) is 16.7. The maximum Gasteiger partial charge on any atom is 0.235 e. The highest BCUT2D eigenvalue weighted by Gasteiger charge is 2.36. The molecule has 26 heavy (non-hydrogen) atoms. The Labute approximate surface area is 155 Å². The first kappa shape index (κ1) is 16.8. The van der Waals surface area contributed by atoms with Crippen molar-refractivity contribution in [2.45, 2.75) is 32.1 Å². The lowest BCUT2D eigenvalue weighted by atomic mass is 9.89. The second-order valence-corrected chi connectivity index (χ2v) is 7.13. The van der Waals surface area contributed by atoms with Crippen LogP contribution >= 0.6 is 11.6 Å². The topological polar surface area (TPSA) is 85.8 Å². The molecule has 0 fully saturated rings. The first-order valence-corrected chi connectivity index (χ1v) is 8.78. The minimum atomic E-state index is -0.307. The normalized spacial score (nSPS) is 16.7. The molecule has 0 saturated carbocycles. The minimum absolute atomic E-state index is 0.0907. The van der Waals surface area contributed by atoms with Crippen molar-refractivity contribution in [3.8, 4) is 11.4 Å². The first-order chi connectivity index (χ1) is 12.4. The average Bonchev–Trinajstić information content (AvgIpc) is 3.21. The third-order valence-corrected chi connectivity index (χ3v) is 4.75. The van der Waals surface area contributed by atoms with Crippen LogP contribution in [-0.4, -0.2) is 25.8 Å². The van der Waals surface area contributed by atoms with E-state index in [-0.39, 0.29) is 24.2 Å². The van der Waals surface area contributed by atoms with Gasteiger partial charge in [0.15, 0.2) is 0 Å². The number of nitrogens with zero attached hydrogens (tertiary/aromatic N) is 4. The third kappa shape index (κ3) is 2.78. The van der Waals surface area contributed by atoms with E-state index in [0.717, 1.165) is 16.8 Å². The molecule has 0 radical (unpaired) electrons. The molecule has 7 nitrogen and oxygen atoms in total. The van der Waals surface area contributed by atoms with Crippen molar-refractivity contribution in [2.75, 3.05) is 5.32 Å². The molecule has 1 aliphatic rings. The number of nitrogens with one attached hydrogen (secondary N) is 1. The molecular formula is C18H18ClN5O2. The maximum absolute atomic E-state index is 12.2. The molecule has 0 bridgehead atoms. The molecule has 1 aliphatic heterocycles. The highest BCUT2D eigenvalue weighted by Crippen LogP contribution is 2.41. The van der Waals surface area contributed by atoms with Crippen LogP contribution in [0.25, 0.3) is 11.4 Å². The summed E-state index contributed by atoms with van der Waals surface area (Å²) in [6, 6.07) is 7.22. The number of carbonyl (C=O) groups excluding carboxylic acids is 1. The van der Waals surface area contributed by atoms with Crippen LogP contribution in [0.15, 0.2) is 28.8 Å². The second kappa shape index (κ2) is 6.25. The lowest BCUT2D eigenvalue weighted by Crippen LogP contribution is -2.25. The molecule has 1 amide bonds. The minimum Gasteiger partial charge on any atom is -0.338 e. The summed E-state index contributed by atoms with van der Waals surface area (Å²) in [5.41, 5.74) is 2.69. The molecule has 8 heteroatoms. The number of hydrogen-bond donors (Lipinski definition) is 1. The van der Waals surface area contributed by atoms with Crippen LogP contribution in [0.4, 0.5) is 5.82 Å². The Morgan fingerprint density at radius 1 is 1.31 bits per heavy atom. The molecular weight excluding hydrogens is 354 g/mol. The van der Waals surface area contributed by atoms with Gasteiger partial charge in [-0.25, -0.2) is 0 Å². The molecule has 3 heterocycles. The third-order valence-electron chi connectivity index (χ3n) is 4.50. The van der Waals surface area contributed by atoms with Crippen LogP contribution in [0.2, 0.25) is 5.02 Å². The first-order valence-electron chi connectivity index (χ1n) is 8.40. The predicted octanol–water partition coefficient (Wildman–Crippen LogP) is 3.72. The van der Waals surface area contributed by atoms with E-state index in [1.807, 2.05) is 19.2 Å². The number of rotatable bonds is 3. The molecule has 134 valence electrons. The van der Waals surface area contributed by atoms with Crippen LogP contribution in [0.3, 0.4) is 0 Å². The van der Waals surface area contributed by atoms with Crippen LogP contribution in [0.1, 0.15) is 49.3 Å². The van der Waals surface area contributed by atoms with E-state index in [9.17, 15) is 4.79 Å². The summed E-state index contributed by atoms with van der Waals surface area (Å²) < 4.78 is 7.23. The molecule has 0 aliphatic carbocycles. The van der Waals surface area contributed by atoms with Gasteiger partial charge in [0.1, 0.15) is 5.82 Å². The Morgan fingerprint density at radius 2 is 2.04 bits per heavy atom. The highest BCUT2D eigenvalue weighted by atomic mass is 35.5. The smallest absolute Gasteiger partial charge is 0.235 e. The van der Waals surface area contributed by atoms with Crippen molar-refractivity contribution in [3.05, 3.63) is 46.4 Å². The Kier molecular flexibility index (Phi) is 4.03. The van der Waals surface area contributed by atoms with Gasteiger partial charge in [-0.15, -0.1) is 0 Å². The molecule has 0 saturated heterocycles. The van der Waals surface area contributed by atoms with Gasteiger partial charge in [-0.05, 0) is 30.2 Å². The molecule has 3 aromatic rings. The molecule has 1 atom stereocenters. The standard InChI is InChI=1S/C18H18ClN5O2/c1-9(2)15-14-12(8-13(25)20-17(14)24(3)22-15)18-21-16(23-26-18)10-4-6-11(19)7-5-10/h4-7,9,12H,8H2,1-3H3,(H,20,25)/t12-/m0/s1.